The number of halogens is 1. The van der Waals surface area contributed by atoms with E-state index in [1.54, 1.807) is 11.3 Å². The maximum absolute atomic E-state index is 6.42. The van der Waals surface area contributed by atoms with Crippen LogP contribution in [0, 0.1) is 6.92 Å². The standard InChI is InChI=1S/C16H20ClNS/c1-4-9-18-12(3)14-7-6-13(10-15(14)17)16-8-5-11(2)19-16/h5-8,10,12,18H,4,9H2,1-3H3. The number of nitrogens with one attached hydrogen (secondary N) is 1. The molecule has 1 aromatic heterocycles. The van der Waals surface area contributed by atoms with Crippen LogP contribution < -0.4 is 5.32 Å². The molecular formula is C16H20ClNS. The van der Waals surface area contributed by atoms with E-state index in [0.29, 0.717) is 6.04 Å². The molecule has 0 aliphatic rings. The van der Waals surface area contributed by atoms with Gasteiger partial charge in [0.15, 0.2) is 0 Å². The van der Waals surface area contributed by atoms with Crippen molar-refractivity contribution in [2.45, 2.75) is 33.2 Å². The van der Waals surface area contributed by atoms with Crippen molar-refractivity contribution in [1.82, 2.24) is 5.32 Å². The van der Waals surface area contributed by atoms with Gasteiger partial charge in [-0.2, -0.15) is 0 Å². The van der Waals surface area contributed by atoms with Crippen LogP contribution in [0.4, 0.5) is 0 Å². The normalized spacial score (nSPS) is 12.6. The van der Waals surface area contributed by atoms with Crippen molar-refractivity contribution in [1.29, 1.82) is 0 Å². The second kappa shape index (κ2) is 6.56. The van der Waals surface area contributed by atoms with E-state index in [9.17, 15) is 0 Å². The molecule has 1 nitrogen and oxygen atoms in total. The minimum absolute atomic E-state index is 0.298. The van der Waals surface area contributed by atoms with E-state index in [1.807, 2.05) is 0 Å². The van der Waals surface area contributed by atoms with Crippen LogP contribution in [-0.4, -0.2) is 6.54 Å². The summed E-state index contributed by atoms with van der Waals surface area (Å²) >= 11 is 8.23. The van der Waals surface area contributed by atoms with Gasteiger partial charge in [0.05, 0.1) is 0 Å². The van der Waals surface area contributed by atoms with Crippen molar-refractivity contribution in [2.75, 3.05) is 6.54 Å². The van der Waals surface area contributed by atoms with Gasteiger partial charge in [-0.05, 0) is 56.1 Å². The molecule has 0 fully saturated rings. The van der Waals surface area contributed by atoms with E-state index in [-0.39, 0.29) is 0 Å². The van der Waals surface area contributed by atoms with E-state index in [0.717, 1.165) is 18.0 Å². The largest absolute Gasteiger partial charge is 0.310 e. The number of thiophene rings is 1. The van der Waals surface area contributed by atoms with Gasteiger partial charge in [-0.1, -0.05) is 30.7 Å². The predicted molar refractivity (Wildman–Crippen MR) is 86.2 cm³/mol. The van der Waals surface area contributed by atoms with Gasteiger partial charge >= 0.3 is 0 Å². The molecule has 102 valence electrons. The van der Waals surface area contributed by atoms with Gasteiger partial charge < -0.3 is 5.32 Å². The van der Waals surface area contributed by atoms with Crippen LogP contribution >= 0.6 is 22.9 Å². The van der Waals surface area contributed by atoms with Crippen molar-refractivity contribution in [2.24, 2.45) is 0 Å². The second-order valence-electron chi connectivity index (χ2n) is 4.82. The highest BCUT2D eigenvalue weighted by Crippen LogP contribution is 2.32. The SMILES string of the molecule is CCCNC(C)c1ccc(-c2ccc(C)s2)cc1Cl. The van der Waals surface area contributed by atoms with Gasteiger partial charge in [0.1, 0.15) is 0 Å². The fourth-order valence-electron chi connectivity index (χ4n) is 2.09. The van der Waals surface area contributed by atoms with E-state index < -0.39 is 0 Å². The maximum atomic E-state index is 6.42. The van der Waals surface area contributed by atoms with Crippen LogP contribution in [0.1, 0.15) is 36.8 Å². The first-order chi connectivity index (χ1) is 9.11. The molecule has 1 N–H and O–H groups in total. The van der Waals surface area contributed by atoms with E-state index in [4.69, 9.17) is 11.6 Å². The predicted octanol–water partition coefficient (Wildman–Crippen LogP) is 5.44. The molecule has 19 heavy (non-hydrogen) atoms. The van der Waals surface area contributed by atoms with Crippen LogP contribution in [0.5, 0.6) is 0 Å². The molecule has 1 heterocycles. The Morgan fingerprint density at radius 2 is 2.05 bits per heavy atom. The first-order valence-corrected chi connectivity index (χ1v) is 7.91. The van der Waals surface area contributed by atoms with Gasteiger partial charge in [0, 0.05) is 20.8 Å². The molecule has 3 heteroatoms. The summed E-state index contributed by atoms with van der Waals surface area (Å²) in [6.45, 7) is 7.47. The van der Waals surface area contributed by atoms with Crippen LogP contribution in [0.3, 0.4) is 0 Å². The lowest BCUT2D eigenvalue weighted by Crippen LogP contribution is -2.19. The van der Waals surface area contributed by atoms with Crippen molar-refractivity contribution in [3.63, 3.8) is 0 Å². The number of hydrogen-bond acceptors (Lipinski definition) is 2. The minimum Gasteiger partial charge on any atom is -0.310 e. The van der Waals surface area contributed by atoms with Gasteiger partial charge in [-0.15, -0.1) is 11.3 Å². The molecule has 0 radical (unpaired) electrons. The van der Waals surface area contributed by atoms with Crippen molar-refractivity contribution in [3.8, 4) is 10.4 Å². The van der Waals surface area contributed by atoms with Gasteiger partial charge in [-0.25, -0.2) is 0 Å². The zero-order chi connectivity index (χ0) is 13.8. The summed E-state index contributed by atoms with van der Waals surface area (Å²) in [5.74, 6) is 0. The monoisotopic (exact) mass is 293 g/mol. The number of aryl methyl sites for hydroxylation is 1. The van der Waals surface area contributed by atoms with E-state index in [2.05, 4.69) is 56.4 Å². The lowest BCUT2D eigenvalue weighted by atomic mass is 10.0. The number of hydrogen-bond donors (Lipinski definition) is 1. The van der Waals surface area contributed by atoms with Crippen LogP contribution in [0.2, 0.25) is 5.02 Å². The number of benzene rings is 1. The Hall–Kier alpha value is -0.830. The molecule has 0 aliphatic heterocycles. The first-order valence-electron chi connectivity index (χ1n) is 6.71. The summed E-state index contributed by atoms with van der Waals surface area (Å²) < 4.78 is 0. The summed E-state index contributed by atoms with van der Waals surface area (Å²) in [6, 6.07) is 11.0. The van der Waals surface area contributed by atoms with E-state index in [1.165, 1.54) is 20.9 Å². The Morgan fingerprint density at radius 1 is 1.26 bits per heavy atom. The van der Waals surface area contributed by atoms with E-state index >= 15 is 0 Å². The van der Waals surface area contributed by atoms with Crippen LogP contribution in [0.15, 0.2) is 30.3 Å². The average Bonchev–Trinajstić information content (AvgIpc) is 2.82. The molecule has 2 rings (SSSR count). The molecule has 0 aliphatic carbocycles. The van der Waals surface area contributed by atoms with Crippen LogP contribution in [0.25, 0.3) is 10.4 Å². The quantitative estimate of drug-likeness (QED) is 0.774. The Morgan fingerprint density at radius 3 is 2.63 bits per heavy atom. The zero-order valence-corrected chi connectivity index (χ0v) is 13.2. The smallest absolute Gasteiger partial charge is 0.0460 e. The lowest BCUT2D eigenvalue weighted by molar-refractivity contribution is 0.571. The average molecular weight is 294 g/mol. The summed E-state index contributed by atoms with van der Waals surface area (Å²) in [5.41, 5.74) is 2.38. The Balaban J connectivity index is 2.21. The molecule has 0 bridgehead atoms. The highest BCUT2D eigenvalue weighted by Gasteiger charge is 2.10. The van der Waals surface area contributed by atoms with Crippen molar-refractivity contribution < 1.29 is 0 Å². The highest BCUT2D eigenvalue weighted by molar-refractivity contribution is 7.15. The first kappa shape index (κ1) is 14.6. The molecule has 1 unspecified atom stereocenters. The summed E-state index contributed by atoms with van der Waals surface area (Å²) in [5, 5.41) is 4.32. The summed E-state index contributed by atoms with van der Waals surface area (Å²) in [6.07, 6.45) is 1.13. The van der Waals surface area contributed by atoms with Gasteiger partial charge in [-0.3, -0.25) is 0 Å². The van der Waals surface area contributed by atoms with Crippen molar-refractivity contribution >= 4 is 22.9 Å². The molecule has 0 saturated heterocycles. The minimum atomic E-state index is 0.298. The van der Waals surface area contributed by atoms with Crippen molar-refractivity contribution in [3.05, 3.63) is 45.8 Å². The third-order valence-electron chi connectivity index (χ3n) is 3.19. The molecule has 0 amide bonds. The molecule has 0 spiro atoms. The summed E-state index contributed by atoms with van der Waals surface area (Å²) in [4.78, 5) is 2.60. The molecule has 2 aromatic rings. The lowest BCUT2D eigenvalue weighted by Gasteiger charge is -2.15. The van der Waals surface area contributed by atoms with Gasteiger partial charge in [0.2, 0.25) is 0 Å². The topological polar surface area (TPSA) is 12.0 Å². The maximum Gasteiger partial charge on any atom is 0.0460 e. The molecule has 0 saturated carbocycles. The zero-order valence-electron chi connectivity index (χ0n) is 11.7. The number of rotatable bonds is 5. The third kappa shape index (κ3) is 3.59. The highest BCUT2D eigenvalue weighted by atomic mass is 35.5. The summed E-state index contributed by atoms with van der Waals surface area (Å²) in [7, 11) is 0. The second-order valence-corrected chi connectivity index (χ2v) is 6.52. The van der Waals surface area contributed by atoms with Gasteiger partial charge in [0.25, 0.3) is 0 Å². The van der Waals surface area contributed by atoms with Crippen LogP contribution in [-0.2, 0) is 0 Å². The Kier molecular flexibility index (Phi) is 5.03. The molecule has 1 atom stereocenters. The fourth-order valence-corrected chi connectivity index (χ4v) is 3.30. The Labute approximate surface area is 124 Å². The fraction of sp³-hybridized carbons (Fsp3) is 0.375. The molecule has 1 aromatic carbocycles. The Bertz CT molecular complexity index is 547. The molecular weight excluding hydrogens is 274 g/mol. The third-order valence-corrected chi connectivity index (χ3v) is 4.57.